The highest BCUT2D eigenvalue weighted by atomic mass is 16.5. The largest absolute Gasteiger partial charge is 0.365 e. The van der Waals surface area contributed by atoms with E-state index in [4.69, 9.17) is 4.74 Å². The first-order valence-corrected chi connectivity index (χ1v) is 5.62. The molecule has 2 heterocycles. The van der Waals surface area contributed by atoms with E-state index >= 15 is 0 Å². The molecule has 0 N–H and O–H groups in total. The summed E-state index contributed by atoms with van der Waals surface area (Å²) in [6.45, 7) is 10.0. The van der Waals surface area contributed by atoms with E-state index < -0.39 is 0 Å². The van der Waals surface area contributed by atoms with Crippen LogP contribution < -0.4 is 0 Å². The minimum Gasteiger partial charge on any atom is -0.365 e. The van der Waals surface area contributed by atoms with Crippen LogP contribution in [0.15, 0.2) is 0 Å². The van der Waals surface area contributed by atoms with Crippen molar-refractivity contribution in [3.63, 3.8) is 0 Å². The van der Waals surface area contributed by atoms with Crippen LogP contribution in [0.4, 0.5) is 0 Å². The molecule has 3 nitrogen and oxygen atoms in total. The van der Waals surface area contributed by atoms with Crippen LogP contribution in [-0.2, 0) is 4.74 Å². The molecule has 82 valence electrons. The summed E-state index contributed by atoms with van der Waals surface area (Å²) < 4.78 is 5.65. The lowest BCUT2D eigenvalue weighted by Crippen LogP contribution is -2.47. The average molecular weight is 198 g/mol. The van der Waals surface area contributed by atoms with Crippen LogP contribution in [0.5, 0.6) is 0 Å². The summed E-state index contributed by atoms with van der Waals surface area (Å²) in [5, 5.41) is 0. The van der Waals surface area contributed by atoms with Crippen molar-refractivity contribution in [1.29, 1.82) is 0 Å². The highest BCUT2D eigenvalue weighted by Gasteiger charge is 2.41. The Labute approximate surface area is 87.0 Å². The molecule has 2 aliphatic heterocycles. The van der Waals surface area contributed by atoms with E-state index in [0.717, 1.165) is 13.3 Å². The van der Waals surface area contributed by atoms with Crippen LogP contribution in [0.3, 0.4) is 0 Å². The molecule has 0 aromatic carbocycles. The molecular weight excluding hydrogens is 176 g/mol. The van der Waals surface area contributed by atoms with Crippen molar-refractivity contribution < 1.29 is 4.74 Å². The fraction of sp³-hybridized carbons (Fsp3) is 1.00. The third kappa shape index (κ3) is 1.95. The van der Waals surface area contributed by atoms with Crippen LogP contribution in [-0.4, -0.2) is 55.9 Å². The lowest BCUT2D eigenvalue weighted by molar-refractivity contribution is -0.0770. The Kier molecular flexibility index (Phi) is 2.82. The maximum atomic E-state index is 5.65. The van der Waals surface area contributed by atoms with Crippen LogP contribution in [0.25, 0.3) is 0 Å². The zero-order chi connectivity index (χ0) is 10.2. The van der Waals surface area contributed by atoms with Gasteiger partial charge in [-0.25, -0.2) is 0 Å². The number of likely N-dealkylation sites (tertiary alicyclic amines) is 1. The highest BCUT2D eigenvalue weighted by Crippen LogP contribution is 2.34. The lowest BCUT2D eigenvalue weighted by Gasteiger charge is -2.38. The van der Waals surface area contributed by atoms with Crippen molar-refractivity contribution in [2.75, 3.05) is 40.0 Å². The maximum absolute atomic E-state index is 5.65. The summed E-state index contributed by atoms with van der Waals surface area (Å²) in [7, 11) is 2.15. The third-order valence-electron chi connectivity index (χ3n) is 3.52. The molecule has 3 heteroatoms. The summed E-state index contributed by atoms with van der Waals surface area (Å²) in [6.07, 6.45) is 1.30. The fourth-order valence-electron chi connectivity index (χ4n) is 2.74. The van der Waals surface area contributed by atoms with Crippen molar-refractivity contribution in [2.45, 2.75) is 26.3 Å². The lowest BCUT2D eigenvalue weighted by atomic mass is 9.87. The molecular formula is C11H22N2O. The van der Waals surface area contributed by atoms with E-state index in [-0.39, 0.29) is 0 Å². The van der Waals surface area contributed by atoms with E-state index in [1.807, 2.05) is 0 Å². The van der Waals surface area contributed by atoms with Gasteiger partial charge in [0.15, 0.2) is 0 Å². The van der Waals surface area contributed by atoms with E-state index in [9.17, 15) is 0 Å². The molecule has 0 saturated carbocycles. The maximum Gasteiger partial charge on any atom is 0.0988 e. The van der Waals surface area contributed by atoms with Crippen LogP contribution in [0.1, 0.15) is 20.3 Å². The monoisotopic (exact) mass is 198 g/mol. The Hall–Kier alpha value is -0.120. The van der Waals surface area contributed by atoms with Crippen molar-refractivity contribution in [3.8, 4) is 0 Å². The number of rotatable bonds is 1. The Balaban J connectivity index is 1.97. The second-order valence-corrected chi connectivity index (χ2v) is 5.31. The molecule has 0 aliphatic carbocycles. The van der Waals surface area contributed by atoms with Gasteiger partial charge in [-0.15, -0.1) is 0 Å². The van der Waals surface area contributed by atoms with Crippen molar-refractivity contribution in [1.82, 2.24) is 9.80 Å². The predicted octanol–water partition coefficient (Wildman–Crippen LogP) is 1.01. The first-order chi connectivity index (χ1) is 6.61. The molecule has 0 bridgehead atoms. The minimum absolute atomic E-state index is 0.428. The van der Waals surface area contributed by atoms with Crippen LogP contribution in [0, 0.1) is 5.41 Å². The second-order valence-electron chi connectivity index (χ2n) is 5.31. The number of ether oxygens (including phenoxy) is 1. The van der Waals surface area contributed by atoms with Gasteiger partial charge in [-0.2, -0.15) is 0 Å². The first-order valence-electron chi connectivity index (χ1n) is 5.62. The second kappa shape index (κ2) is 3.80. The Morgan fingerprint density at radius 2 is 2.07 bits per heavy atom. The van der Waals surface area contributed by atoms with E-state index in [2.05, 4.69) is 30.7 Å². The Morgan fingerprint density at radius 3 is 2.64 bits per heavy atom. The molecule has 2 saturated heterocycles. The van der Waals surface area contributed by atoms with Gasteiger partial charge in [-0.05, 0) is 33.9 Å². The van der Waals surface area contributed by atoms with E-state index in [1.54, 1.807) is 0 Å². The zero-order valence-corrected chi connectivity index (χ0v) is 9.62. The van der Waals surface area contributed by atoms with Gasteiger partial charge in [0.1, 0.15) is 0 Å². The molecule has 0 radical (unpaired) electrons. The highest BCUT2D eigenvalue weighted by molar-refractivity contribution is 4.94. The van der Waals surface area contributed by atoms with Gasteiger partial charge in [-0.3, -0.25) is 4.90 Å². The minimum atomic E-state index is 0.428. The van der Waals surface area contributed by atoms with Crippen molar-refractivity contribution in [2.24, 2.45) is 5.41 Å². The van der Waals surface area contributed by atoms with Crippen molar-refractivity contribution >= 4 is 0 Å². The van der Waals surface area contributed by atoms with Gasteiger partial charge in [0.2, 0.25) is 0 Å². The summed E-state index contributed by atoms with van der Waals surface area (Å²) >= 11 is 0. The molecule has 0 aromatic heterocycles. The predicted molar refractivity (Wildman–Crippen MR) is 57.2 cm³/mol. The standard InChI is InChI=1S/C11H22N2O/c1-10(2)13-5-4-11(7-13)6-12(3)9-14-8-11/h10H,4-9H2,1-3H3. The quantitative estimate of drug-likeness (QED) is 0.625. The smallest absolute Gasteiger partial charge is 0.0988 e. The molecule has 1 spiro atoms. The van der Waals surface area contributed by atoms with Gasteiger partial charge in [0, 0.05) is 24.5 Å². The fourth-order valence-corrected chi connectivity index (χ4v) is 2.74. The zero-order valence-electron chi connectivity index (χ0n) is 9.62. The number of nitrogens with zero attached hydrogens (tertiary/aromatic N) is 2. The van der Waals surface area contributed by atoms with E-state index in [1.165, 1.54) is 26.1 Å². The molecule has 0 aromatic rings. The van der Waals surface area contributed by atoms with E-state index in [0.29, 0.717) is 11.5 Å². The van der Waals surface area contributed by atoms with Crippen LogP contribution in [0.2, 0.25) is 0 Å². The normalized spacial score (nSPS) is 36.0. The third-order valence-corrected chi connectivity index (χ3v) is 3.52. The summed E-state index contributed by atoms with van der Waals surface area (Å²) in [5.41, 5.74) is 0.428. The molecule has 1 atom stereocenters. The van der Waals surface area contributed by atoms with Crippen molar-refractivity contribution in [3.05, 3.63) is 0 Å². The van der Waals surface area contributed by atoms with Gasteiger partial charge in [0.05, 0.1) is 13.3 Å². The van der Waals surface area contributed by atoms with Crippen LogP contribution >= 0.6 is 0 Å². The Bertz CT molecular complexity index is 207. The molecule has 2 aliphatic rings. The molecule has 1 unspecified atom stereocenters. The van der Waals surface area contributed by atoms with Gasteiger partial charge < -0.3 is 9.64 Å². The topological polar surface area (TPSA) is 15.7 Å². The van der Waals surface area contributed by atoms with Gasteiger partial charge in [-0.1, -0.05) is 0 Å². The molecule has 2 rings (SSSR count). The summed E-state index contributed by atoms with van der Waals surface area (Å²) in [4.78, 5) is 4.87. The molecule has 2 fully saturated rings. The average Bonchev–Trinajstić information content (AvgIpc) is 2.49. The summed E-state index contributed by atoms with van der Waals surface area (Å²) in [6, 6.07) is 0.682. The summed E-state index contributed by atoms with van der Waals surface area (Å²) in [5.74, 6) is 0. The number of hydrogen-bond donors (Lipinski definition) is 0. The Morgan fingerprint density at radius 1 is 1.29 bits per heavy atom. The van der Waals surface area contributed by atoms with Gasteiger partial charge >= 0.3 is 0 Å². The first kappa shape index (κ1) is 10.4. The van der Waals surface area contributed by atoms with Gasteiger partial charge in [0.25, 0.3) is 0 Å². The molecule has 14 heavy (non-hydrogen) atoms. The molecule has 0 amide bonds. The SMILES string of the molecule is CC(C)N1CCC2(COCN(C)C2)C1. The number of hydrogen-bond acceptors (Lipinski definition) is 3.